The van der Waals surface area contributed by atoms with Crippen LogP contribution in [0.3, 0.4) is 0 Å². The van der Waals surface area contributed by atoms with E-state index in [1.54, 1.807) is 0 Å². The summed E-state index contributed by atoms with van der Waals surface area (Å²) in [5.74, 6) is 0.686. The average Bonchev–Trinajstić information content (AvgIpc) is 2.47. The van der Waals surface area contributed by atoms with Crippen LogP contribution < -0.4 is 10.1 Å². The molecule has 1 N–H and O–H groups in total. The lowest BCUT2D eigenvalue weighted by molar-refractivity contribution is 0.198. The fraction of sp³-hybridized carbons (Fsp3) is 0.294. The molecule has 0 radical (unpaired) electrons. The Labute approximate surface area is 139 Å². The van der Waals surface area contributed by atoms with Crippen LogP contribution in [0.1, 0.15) is 25.5 Å². The first-order valence-corrected chi connectivity index (χ1v) is 8.13. The van der Waals surface area contributed by atoms with Crippen LogP contribution in [0.2, 0.25) is 5.02 Å². The minimum atomic E-state index is -0.0830. The number of hydrogen-bond acceptors (Lipinski definition) is 2. The summed E-state index contributed by atoms with van der Waals surface area (Å²) in [5, 5.41) is 4.03. The van der Waals surface area contributed by atoms with Crippen LogP contribution in [0.25, 0.3) is 0 Å². The minimum absolute atomic E-state index is 0.0830. The topological polar surface area (TPSA) is 21.3 Å². The number of benzene rings is 2. The summed E-state index contributed by atoms with van der Waals surface area (Å²) in [7, 11) is 0. The molecule has 0 saturated heterocycles. The van der Waals surface area contributed by atoms with Gasteiger partial charge in [0.2, 0.25) is 0 Å². The molecule has 2 nitrogen and oxygen atoms in total. The second kappa shape index (κ2) is 7.83. The Kier molecular flexibility index (Phi) is 6.09. The van der Waals surface area contributed by atoms with E-state index in [1.165, 1.54) is 0 Å². The molecule has 21 heavy (non-hydrogen) atoms. The summed E-state index contributed by atoms with van der Waals surface area (Å²) >= 11 is 9.67. The van der Waals surface area contributed by atoms with Crippen molar-refractivity contribution in [1.29, 1.82) is 0 Å². The molecule has 0 amide bonds. The number of rotatable bonds is 6. The molecule has 0 aliphatic carbocycles. The highest BCUT2D eigenvalue weighted by Crippen LogP contribution is 2.31. The van der Waals surface area contributed by atoms with E-state index in [0.717, 1.165) is 16.6 Å². The maximum atomic E-state index is 6.22. The zero-order valence-electron chi connectivity index (χ0n) is 12.1. The molecule has 0 aromatic heterocycles. The van der Waals surface area contributed by atoms with Crippen LogP contribution in [0, 0.1) is 0 Å². The number of nitrogens with one attached hydrogen (secondary N) is 1. The zero-order chi connectivity index (χ0) is 15.2. The van der Waals surface area contributed by atoms with Crippen LogP contribution in [0.5, 0.6) is 5.75 Å². The fourth-order valence-corrected chi connectivity index (χ4v) is 2.46. The third-order valence-electron chi connectivity index (χ3n) is 3.05. The van der Waals surface area contributed by atoms with Gasteiger partial charge >= 0.3 is 0 Å². The molecule has 2 aromatic rings. The van der Waals surface area contributed by atoms with E-state index in [4.69, 9.17) is 16.3 Å². The van der Waals surface area contributed by atoms with Crippen LogP contribution >= 0.6 is 27.5 Å². The van der Waals surface area contributed by atoms with Gasteiger partial charge in [0.05, 0.1) is 5.02 Å². The standard InChI is InChI=1S/C17H19BrClNO/c1-12(2)20-11-17(13-6-4-3-5-7-13)21-16-10-14(18)8-9-15(16)19/h3-10,12,17,20H,11H2,1-2H3. The summed E-state index contributed by atoms with van der Waals surface area (Å²) in [6.45, 7) is 4.97. The second-order valence-corrected chi connectivity index (χ2v) is 6.48. The highest BCUT2D eigenvalue weighted by Gasteiger charge is 2.15. The predicted octanol–water partition coefficient (Wildman–Crippen LogP) is 5.22. The maximum Gasteiger partial charge on any atom is 0.140 e. The number of hydrogen-bond donors (Lipinski definition) is 1. The van der Waals surface area contributed by atoms with Gasteiger partial charge in [0, 0.05) is 17.1 Å². The number of ether oxygens (including phenoxy) is 1. The summed E-state index contributed by atoms with van der Waals surface area (Å²) in [4.78, 5) is 0. The van der Waals surface area contributed by atoms with E-state index >= 15 is 0 Å². The van der Waals surface area contributed by atoms with Gasteiger partial charge in [-0.2, -0.15) is 0 Å². The Hall–Kier alpha value is -1.03. The lowest BCUT2D eigenvalue weighted by Gasteiger charge is -2.22. The van der Waals surface area contributed by atoms with Crippen LogP contribution in [-0.4, -0.2) is 12.6 Å². The van der Waals surface area contributed by atoms with Crippen molar-refractivity contribution in [2.45, 2.75) is 26.0 Å². The van der Waals surface area contributed by atoms with Gasteiger partial charge < -0.3 is 10.1 Å². The monoisotopic (exact) mass is 367 g/mol. The van der Waals surface area contributed by atoms with Gasteiger partial charge in [-0.05, 0) is 23.8 Å². The summed E-state index contributed by atoms with van der Waals surface area (Å²) in [5.41, 5.74) is 1.13. The molecule has 4 heteroatoms. The molecule has 0 fully saturated rings. The molecule has 0 bridgehead atoms. The van der Waals surface area contributed by atoms with E-state index in [-0.39, 0.29) is 6.10 Å². The van der Waals surface area contributed by atoms with E-state index in [1.807, 2.05) is 36.4 Å². The van der Waals surface area contributed by atoms with Crippen molar-refractivity contribution in [3.05, 3.63) is 63.6 Å². The lowest BCUT2D eigenvalue weighted by Crippen LogP contribution is -2.30. The fourth-order valence-electron chi connectivity index (χ4n) is 1.96. The van der Waals surface area contributed by atoms with Gasteiger partial charge in [0.15, 0.2) is 0 Å². The smallest absolute Gasteiger partial charge is 0.140 e. The van der Waals surface area contributed by atoms with Gasteiger partial charge in [0.1, 0.15) is 11.9 Å². The largest absolute Gasteiger partial charge is 0.483 e. The summed E-state index contributed by atoms with van der Waals surface area (Å²) in [6, 6.07) is 16.2. The molecule has 2 aromatic carbocycles. The molecule has 0 heterocycles. The van der Waals surface area contributed by atoms with Crippen molar-refractivity contribution in [2.75, 3.05) is 6.54 Å². The lowest BCUT2D eigenvalue weighted by atomic mass is 10.1. The van der Waals surface area contributed by atoms with Crippen molar-refractivity contribution < 1.29 is 4.74 Å². The highest BCUT2D eigenvalue weighted by molar-refractivity contribution is 9.10. The molecule has 0 aliphatic rings. The van der Waals surface area contributed by atoms with Crippen molar-refractivity contribution in [2.24, 2.45) is 0 Å². The van der Waals surface area contributed by atoms with Gasteiger partial charge in [0.25, 0.3) is 0 Å². The Bertz CT molecular complexity index is 574. The Morgan fingerprint density at radius 2 is 1.86 bits per heavy atom. The van der Waals surface area contributed by atoms with Crippen LogP contribution in [0.4, 0.5) is 0 Å². The molecule has 1 unspecified atom stereocenters. The molecule has 112 valence electrons. The van der Waals surface area contributed by atoms with Gasteiger partial charge in [-0.25, -0.2) is 0 Å². The van der Waals surface area contributed by atoms with E-state index in [9.17, 15) is 0 Å². The highest BCUT2D eigenvalue weighted by atomic mass is 79.9. The Balaban J connectivity index is 2.21. The molecule has 1 atom stereocenters. The van der Waals surface area contributed by atoms with Crippen LogP contribution in [0.15, 0.2) is 53.0 Å². The second-order valence-electron chi connectivity index (χ2n) is 5.15. The Morgan fingerprint density at radius 1 is 1.14 bits per heavy atom. The molecule has 2 rings (SSSR count). The summed E-state index contributed by atoms with van der Waals surface area (Å²) < 4.78 is 7.09. The molecule has 0 aliphatic heterocycles. The van der Waals surface area contributed by atoms with Gasteiger partial charge in [-0.1, -0.05) is 71.7 Å². The first-order valence-electron chi connectivity index (χ1n) is 6.96. The van der Waals surface area contributed by atoms with Gasteiger partial charge in [-0.3, -0.25) is 0 Å². The quantitative estimate of drug-likeness (QED) is 0.754. The van der Waals surface area contributed by atoms with Crippen molar-refractivity contribution in [3.8, 4) is 5.75 Å². The molecule has 0 spiro atoms. The normalized spacial score (nSPS) is 12.4. The zero-order valence-corrected chi connectivity index (χ0v) is 14.5. The van der Waals surface area contributed by atoms with E-state index in [2.05, 4.69) is 47.2 Å². The SMILES string of the molecule is CC(C)NCC(Oc1cc(Br)ccc1Cl)c1ccccc1. The van der Waals surface area contributed by atoms with Crippen molar-refractivity contribution in [1.82, 2.24) is 5.32 Å². The first kappa shape index (κ1) is 16.3. The summed E-state index contributed by atoms with van der Waals surface area (Å²) in [6.07, 6.45) is -0.0830. The third kappa shape index (κ3) is 5.03. The third-order valence-corrected chi connectivity index (χ3v) is 3.85. The number of halogens is 2. The minimum Gasteiger partial charge on any atom is -0.483 e. The molecule has 0 saturated carbocycles. The van der Waals surface area contributed by atoms with Crippen LogP contribution in [-0.2, 0) is 0 Å². The maximum absolute atomic E-state index is 6.22. The molecular weight excluding hydrogens is 350 g/mol. The van der Waals surface area contributed by atoms with Crippen molar-refractivity contribution in [3.63, 3.8) is 0 Å². The van der Waals surface area contributed by atoms with E-state index in [0.29, 0.717) is 16.8 Å². The predicted molar refractivity (Wildman–Crippen MR) is 92.1 cm³/mol. The average molecular weight is 369 g/mol. The first-order chi connectivity index (χ1) is 10.1. The van der Waals surface area contributed by atoms with E-state index < -0.39 is 0 Å². The van der Waals surface area contributed by atoms with Crippen molar-refractivity contribution >= 4 is 27.5 Å². The Morgan fingerprint density at radius 3 is 2.52 bits per heavy atom. The van der Waals surface area contributed by atoms with Gasteiger partial charge in [-0.15, -0.1) is 0 Å². The molecular formula is C17H19BrClNO.